The second-order valence-electron chi connectivity index (χ2n) is 14.1. The first-order valence-corrected chi connectivity index (χ1v) is 19.1. The number of ketones is 1. The Morgan fingerprint density at radius 1 is 0.879 bits per heavy atom. The highest BCUT2D eigenvalue weighted by Gasteiger charge is 2.49. The summed E-state index contributed by atoms with van der Waals surface area (Å²) in [4.78, 5) is 120. The van der Waals surface area contributed by atoms with Crippen molar-refractivity contribution in [2.24, 2.45) is 5.92 Å². The number of nitrogens with zero attached hydrogens (tertiary/aromatic N) is 2. The van der Waals surface area contributed by atoms with Gasteiger partial charge in [-0.15, -0.1) is 0 Å². The van der Waals surface area contributed by atoms with Crippen LogP contribution in [0.1, 0.15) is 76.0 Å². The van der Waals surface area contributed by atoms with Crippen LogP contribution in [0.4, 0.5) is 4.79 Å². The molecule has 2 fully saturated rings. The van der Waals surface area contributed by atoms with Crippen molar-refractivity contribution in [1.29, 1.82) is 0 Å². The maximum Gasteiger partial charge on any atom is 0.349 e. The largest absolute Gasteiger partial charge is 0.497 e. The molecule has 2 aromatic carbocycles. The molecule has 1 aliphatic heterocycles. The highest BCUT2D eigenvalue weighted by Crippen LogP contribution is 2.30. The summed E-state index contributed by atoms with van der Waals surface area (Å²) < 4.78 is 10.2. The first kappa shape index (κ1) is 44.4. The molecule has 18 heteroatoms. The van der Waals surface area contributed by atoms with Gasteiger partial charge in [0.05, 0.1) is 26.2 Å². The van der Waals surface area contributed by atoms with Crippen LogP contribution in [-0.4, -0.2) is 113 Å². The molecule has 2 aliphatic rings. The van der Waals surface area contributed by atoms with E-state index < -0.39 is 90.6 Å². The van der Waals surface area contributed by atoms with Crippen LogP contribution in [0.25, 0.3) is 0 Å². The first-order valence-electron chi connectivity index (χ1n) is 19.1. The number of esters is 1. The summed E-state index contributed by atoms with van der Waals surface area (Å²) in [5.74, 6) is -7.68. The Morgan fingerprint density at radius 3 is 2.16 bits per heavy atom. The number of rotatable bonds is 19. The van der Waals surface area contributed by atoms with Crippen molar-refractivity contribution < 1.29 is 57.7 Å². The molecule has 1 aliphatic carbocycles. The van der Waals surface area contributed by atoms with Crippen LogP contribution >= 0.6 is 0 Å². The number of methoxy groups -OCH3 is 1. The molecule has 0 bridgehead atoms. The van der Waals surface area contributed by atoms with Crippen molar-refractivity contribution >= 4 is 53.3 Å². The molecule has 4 rings (SSSR count). The predicted molar refractivity (Wildman–Crippen MR) is 204 cm³/mol. The van der Waals surface area contributed by atoms with E-state index in [0.717, 1.165) is 24.2 Å². The zero-order valence-corrected chi connectivity index (χ0v) is 32.7. The molecule has 5 N–H and O–H groups in total. The van der Waals surface area contributed by atoms with E-state index in [1.807, 2.05) is 0 Å². The summed E-state index contributed by atoms with van der Waals surface area (Å²) in [6.45, 7) is 1.35. The first-order chi connectivity index (χ1) is 27.7. The summed E-state index contributed by atoms with van der Waals surface area (Å²) >= 11 is 0. The minimum absolute atomic E-state index is 0.0117. The van der Waals surface area contributed by atoms with E-state index in [2.05, 4.69) is 21.3 Å². The molecule has 1 heterocycles. The van der Waals surface area contributed by atoms with Gasteiger partial charge in [0.1, 0.15) is 24.4 Å². The average molecular weight is 807 g/mol. The zero-order chi connectivity index (χ0) is 42.4. The minimum Gasteiger partial charge on any atom is -0.497 e. The number of nitrogens with one attached hydrogen (secondary N) is 4. The fourth-order valence-electron chi connectivity index (χ4n) is 6.90. The number of hydrogen-bond acceptors (Lipinski definition) is 11. The molecule has 0 radical (unpaired) electrons. The Hall–Kier alpha value is -6.33. The van der Waals surface area contributed by atoms with Gasteiger partial charge in [0, 0.05) is 19.0 Å². The number of carbonyl (C=O) groups excluding carboxylic acids is 8. The number of Topliss-reactive ketones (excluding diaryl/α,β-unsaturated/α-hetero) is 1. The molecular formula is C40H50N6O12. The van der Waals surface area contributed by atoms with Gasteiger partial charge in [-0.25, -0.2) is 14.5 Å². The van der Waals surface area contributed by atoms with Gasteiger partial charge in [-0.1, -0.05) is 75.1 Å². The lowest BCUT2D eigenvalue weighted by atomic mass is 9.83. The Morgan fingerprint density at radius 2 is 1.55 bits per heavy atom. The highest BCUT2D eigenvalue weighted by atomic mass is 16.6. The number of carboxylic acid groups (broad SMARTS) is 1. The molecule has 58 heavy (non-hydrogen) atoms. The molecule has 0 spiro atoms. The Bertz CT molecular complexity index is 1830. The number of aliphatic carboxylic acids is 1. The van der Waals surface area contributed by atoms with Gasteiger partial charge in [-0.05, 0) is 42.9 Å². The molecule has 2 aromatic rings. The number of hydrogen-bond donors (Lipinski definition) is 5. The quantitative estimate of drug-likeness (QED) is 0.0998. The summed E-state index contributed by atoms with van der Waals surface area (Å²) in [6.07, 6.45) is 2.18. The van der Waals surface area contributed by atoms with Gasteiger partial charge >= 0.3 is 18.0 Å². The van der Waals surface area contributed by atoms with E-state index in [0.29, 0.717) is 30.6 Å². The summed E-state index contributed by atoms with van der Waals surface area (Å²) in [7, 11) is 1.50. The van der Waals surface area contributed by atoms with Gasteiger partial charge in [-0.3, -0.25) is 33.6 Å². The maximum atomic E-state index is 14.5. The SMILES string of the molecule is CCCC(NC(=O)C1CN(Cc2ccc(OC)cc2)C(=O)N1C(=O)C(NC(=O)CNC(C)=O)C1CCCCC1)C(=O)C(=O)NCC(=O)O[C@H](C(=O)O)c1ccccc1. The summed E-state index contributed by atoms with van der Waals surface area (Å²) in [5.41, 5.74) is 0.831. The van der Waals surface area contributed by atoms with E-state index in [1.54, 1.807) is 49.4 Å². The Labute approximate surface area is 335 Å². The fraction of sp³-hybridized carbons (Fsp3) is 0.475. The summed E-state index contributed by atoms with van der Waals surface area (Å²) in [6, 6.07) is 9.47. The van der Waals surface area contributed by atoms with Crippen LogP contribution in [0.15, 0.2) is 54.6 Å². The Balaban J connectivity index is 1.54. The maximum absolute atomic E-state index is 14.5. The molecule has 312 valence electrons. The van der Waals surface area contributed by atoms with Crippen molar-refractivity contribution in [1.82, 2.24) is 31.1 Å². The van der Waals surface area contributed by atoms with E-state index in [4.69, 9.17) is 9.47 Å². The third-order valence-electron chi connectivity index (χ3n) is 9.86. The number of ether oxygens (including phenoxy) is 2. The molecule has 18 nitrogen and oxygen atoms in total. The van der Waals surface area contributed by atoms with Gasteiger partial charge in [0.25, 0.3) is 11.8 Å². The lowest BCUT2D eigenvalue weighted by molar-refractivity contribution is -0.164. The number of amides is 7. The van der Waals surface area contributed by atoms with Crippen LogP contribution in [0.5, 0.6) is 5.75 Å². The van der Waals surface area contributed by atoms with Crippen molar-refractivity contribution in [3.05, 3.63) is 65.7 Å². The molecule has 7 amide bonds. The number of urea groups is 1. The van der Waals surface area contributed by atoms with E-state index >= 15 is 0 Å². The van der Waals surface area contributed by atoms with Crippen molar-refractivity contribution in [3.63, 3.8) is 0 Å². The summed E-state index contributed by atoms with van der Waals surface area (Å²) in [5, 5.41) is 19.3. The number of carboxylic acids is 1. The third-order valence-corrected chi connectivity index (χ3v) is 9.86. The molecule has 3 unspecified atom stereocenters. The van der Waals surface area contributed by atoms with Crippen LogP contribution in [0, 0.1) is 5.92 Å². The van der Waals surface area contributed by atoms with E-state index in [-0.39, 0.29) is 31.0 Å². The van der Waals surface area contributed by atoms with Crippen LogP contribution in [0.2, 0.25) is 0 Å². The molecule has 1 saturated heterocycles. The lowest BCUT2D eigenvalue weighted by Gasteiger charge is -2.33. The van der Waals surface area contributed by atoms with Crippen molar-refractivity contribution in [3.8, 4) is 5.75 Å². The number of imide groups is 1. The zero-order valence-electron chi connectivity index (χ0n) is 32.7. The van der Waals surface area contributed by atoms with Gasteiger partial charge in [0.15, 0.2) is 0 Å². The van der Waals surface area contributed by atoms with Crippen molar-refractivity contribution in [2.75, 3.05) is 26.7 Å². The lowest BCUT2D eigenvalue weighted by Crippen LogP contribution is -2.59. The van der Waals surface area contributed by atoms with Crippen LogP contribution in [0.3, 0.4) is 0 Å². The van der Waals surface area contributed by atoms with Crippen LogP contribution < -0.4 is 26.0 Å². The molecule has 0 aromatic heterocycles. The second-order valence-corrected chi connectivity index (χ2v) is 14.1. The molecular weight excluding hydrogens is 756 g/mol. The molecule has 1 saturated carbocycles. The Kier molecular flexibility index (Phi) is 16.3. The van der Waals surface area contributed by atoms with E-state index in [1.165, 1.54) is 31.1 Å². The fourth-order valence-corrected chi connectivity index (χ4v) is 6.90. The second kappa shape index (κ2) is 21.3. The predicted octanol–water partition coefficient (Wildman–Crippen LogP) is 1.37. The van der Waals surface area contributed by atoms with Gasteiger partial charge in [0.2, 0.25) is 29.6 Å². The average Bonchev–Trinajstić information content (AvgIpc) is 3.55. The monoisotopic (exact) mass is 806 g/mol. The minimum atomic E-state index is -1.67. The van der Waals surface area contributed by atoms with Gasteiger partial charge < -0.3 is 40.7 Å². The standard InChI is InChI=1S/C40H50N6O12/c1-4-11-29(34(50)37(52)42-21-32(49)58-35(39(54)55)27-14-9-6-10-15-27)43-36(51)30-23-45(22-25-16-18-28(57-3)19-17-25)40(56)46(30)38(53)33(26-12-7-5-8-13-26)44-31(48)20-41-24(2)47/h6,9-10,14-19,26,29-30,33,35H,4-5,7-8,11-13,20-23H2,1-3H3,(H,41,47)(H,42,52)(H,43,51)(H,44,48)(H,54,55)/t29?,30?,33?,35-/m0/s1. The topological polar surface area (TPSA) is 247 Å². The number of carbonyl (C=O) groups is 9. The normalized spacial score (nSPS) is 16.9. The molecule has 4 atom stereocenters. The van der Waals surface area contributed by atoms with Gasteiger partial charge in [-0.2, -0.15) is 0 Å². The third kappa shape index (κ3) is 12.1. The van der Waals surface area contributed by atoms with Crippen LogP contribution in [-0.2, 0) is 49.6 Å². The van der Waals surface area contributed by atoms with E-state index in [9.17, 15) is 48.3 Å². The highest BCUT2D eigenvalue weighted by molar-refractivity contribution is 6.38. The number of benzene rings is 2. The van der Waals surface area contributed by atoms with Crippen molar-refractivity contribution in [2.45, 2.75) is 89.6 Å². The smallest absolute Gasteiger partial charge is 0.349 e.